The molecule has 1 aliphatic heterocycles. The van der Waals surface area contributed by atoms with Crippen molar-refractivity contribution in [3.05, 3.63) is 60.2 Å². The van der Waals surface area contributed by atoms with Crippen LogP contribution in [-0.2, 0) is 20.7 Å². The van der Waals surface area contributed by atoms with Gasteiger partial charge in [0.15, 0.2) is 5.78 Å². The maximum atomic E-state index is 12.8. The molecule has 4 nitrogen and oxygen atoms in total. The third-order valence-corrected chi connectivity index (χ3v) is 5.13. The van der Waals surface area contributed by atoms with Gasteiger partial charge in [-0.25, -0.2) is 0 Å². The molecular weight excluding hydrogens is 338 g/mol. The lowest BCUT2D eigenvalue weighted by Crippen LogP contribution is -2.46. The van der Waals surface area contributed by atoms with E-state index in [0.29, 0.717) is 6.42 Å². The summed E-state index contributed by atoms with van der Waals surface area (Å²) in [5.74, 6) is -0.253. The van der Waals surface area contributed by atoms with Gasteiger partial charge in [0.1, 0.15) is 12.6 Å². The number of carbonyl (C=O) groups excluding carboxylic acids is 2. The highest BCUT2D eigenvalue weighted by molar-refractivity contribution is 5.92. The molecule has 142 valence electrons. The first-order chi connectivity index (χ1) is 13.1. The zero-order chi connectivity index (χ0) is 19.2. The lowest BCUT2D eigenvalue weighted by atomic mass is 9.92. The van der Waals surface area contributed by atoms with Crippen molar-refractivity contribution in [1.82, 2.24) is 5.32 Å². The monoisotopic (exact) mass is 365 g/mol. The van der Waals surface area contributed by atoms with E-state index in [9.17, 15) is 9.59 Å². The third-order valence-electron chi connectivity index (χ3n) is 5.13. The minimum atomic E-state index is -0.521. The average molecular weight is 365 g/mol. The second kappa shape index (κ2) is 8.96. The van der Waals surface area contributed by atoms with Crippen LogP contribution in [0.25, 0.3) is 11.1 Å². The third kappa shape index (κ3) is 4.83. The molecule has 0 radical (unpaired) electrons. The number of ketones is 1. The SMILES string of the molecule is CCCC(Cc1cccc(-c2ccccc2)c1)C(=O)NC1C(=O)COC1C. The molecule has 4 heteroatoms. The fourth-order valence-electron chi connectivity index (χ4n) is 3.60. The summed E-state index contributed by atoms with van der Waals surface area (Å²) in [6, 6.07) is 18.0. The number of carbonyl (C=O) groups is 2. The maximum absolute atomic E-state index is 12.8. The molecule has 3 unspecified atom stereocenters. The molecule has 27 heavy (non-hydrogen) atoms. The topological polar surface area (TPSA) is 55.4 Å². The molecule has 2 aromatic rings. The van der Waals surface area contributed by atoms with Gasteiger partial charge in [-0.1, -0.05) is 67.9 Å². The van der Waals surface area contributed by atoms with E-state index in [1.165, 1.54) is 5.56 Å². The van der Waals surface area contributed by atoms with Gasteiger partial charge in [-0.05, 0) is 36.5 Å². The summed E-state index contributed by atoms with van der Waals surface area (Å²) in [6.07, 6.45) is 2.11. The smallest absolute Gasteiger partial charge is 0.224 e. The number of Topliss-reactive ketones (excluding diaryl/α,β-unsaturated/α-hetero) is 1. The predicted octanol–water partition coefficient (Wildman–Crippen LogP) is 3.79. The fraction of sp³-hybridized carbons (Fsp3) is 0.391. The molecule has 0 saturated carbocycles. The first kappa shape index (κ1) is 19.3. The number of rotatable bonds is 7. The maximum Gasteiger partial charge on any atom is 0.224 e. The van der Waals surface area contributed by atoms with Gasteiger partial charge in [0.05, 0.1) is 6.10 Å². The van der Waals surface area contributed by atoms with Gasteiger partial charge in [0.2, 0.25) is 5.91 Å². The van der Waals surface area contributed by atoms with Crippen molar-refractivity contribution in [2.45, 2.75) is 45.3 Å². The van der Waals surface area contributed by atoms with E-state index in [4.69, 9.17) is 4.74 Å². The van der Waals surface area contributed by atoms with E-state index in [1.807, 2.05) is 31.2 Å². The van der Waals surface area contributed by atoms with Crippen LogP contribution in [0.5, 0.6) is 0 Å². The van der Waals surface area contributed by atoms with Crippen LogP contribution in [0, 0.1) is 5.92 Å². The van der Waals surface area contributed by atoms with E-state index in [2.05, 4.69) is 42.6 Å². The van der Waals surface area contributed by atoms with E-state index >= 15 is 0 Å². The Morgan fingerprint density at radius 3 is 2.56 bits per heavy atom. The molecule has 1 amide bonds. The Bertz CT molecular complexity index is 787. The number of benzene rings is 2. The van der Waals surface area contributed by atoms with Gasteiger partial charge in [0.25, 0.3) is 0 Å². The Balaban J connectivity index is 1.72. The van der Waals surface area contributed by atoms with Gasteiger partial charge in [-0.15, -0.1) is 0 Å². The molecule has 3 atom stereocenters. The molecule has 1 heterocycles. The minimum absolute atomic E-state index is 0.0443. The molecule has 1 fully saturated rings. The Morgan fingerprint density at radius 1 is 1.15 bits per heavy atom. The van der Waals surface area contributed by atoms with Gasteiger partial charge in [-0.2, -0.15) is 0 Å². The molecule has 0 spiro atoms. The van der Waals surface area contributed by atoms with Crippen LogP contribution in [0.4, 0.5) is 0 Å². The molecule has 0 bridgehead atoms. The van der Waals surface area contributed by atoms with E-state index < -0.39 is 6.04 Å². The predicted molar refractivity (Wildman–Crippen MR) is 106 cm³/mol. The zero-order valence-corrected chi connectivity index (χ0v) is 16.0. The summed E-state index contributed by atoms with van der Waals surface area (Å²) in [7, 11) is 0. The van der Waals surface area contributed by atoms with Crippen LogP contribution >= 0.6 is 0 Å². The van der Waals surface area contributed by atoms with Crippen LogP contribution in [0.3, 0.4) is 0 Å². The lowest BCUT2D eigenvalue weighted by molar-refractivity contribution is -0.129. The van der Waals surface area contributed by atoms with E-state index in [0.717, 1.165) is 24.0 Å². The van der Waals surface area contributed by atoms with Crippen molar-refractivity contribution in [3.63, 3.8) is 0 Å². The minimum Gasteiger partial charge on any atom is -0.368 e. The Labute approximate surface area is 160 Å². The van der Waals surface area contributed by atoms with Crippen LogP contribution in [-0.4, -0.2) is 30.4 Å². The highest BCUT2D eigenvalue weighted by atomic mass is 16.5. The summed E-state index contributed by atoms with van der Waals surface area (Å²) in [5.41, 5.74) is 3.45. The average Bonchev–Trinajstić information content (AvgIpc) is 3.00. The molecular formula is C23H27NO3. The van der Waals surface area contributed by atoms with Crippen molar-refractivity contribution in [3.8, 4) is 11.1 Å². The number of hydrogen-bond acceptors (Lipinski definition) is 3. The summed E-state index contributed by atoms with van der Waals surface area (Å²) < 4.78 is 5.34. The summed E-state index contributed by atoms with van der Waals surface area (Å²) in [6.45, 7) is 3.99. The molecule has 3 rings (SSSR count). The normalized spacial score (nSPS) is 20.4. The van der Waals surface area contributed by atoms with Crippen LogP contribution in [0.2, 0.25) is 0 Å². The summed E-state index contributed by atoms with van der Waals surface area (Å²) in [5, 5.41) is 2.92. The van der Waals surface area contributed by atoms with Gasteiger partial charge in [-0.3, -0.25) is 9.59 Å². The number of amides is 1. The molecule has 1 saturated heterocycles. The van der Waals surface area contributed by atoms with Gasteiger partial charge in [0, 0.05) is 5.92 Å². The highest BCUT2D eigenvalue weighted by Gasteiger charge is 2.35. The van der Waals surface area contributed by atoms with Crippen LogP contribution in [0.15, 0.2) is 54.6 Å². The number of ether oxygens (including phenoxy) is 1. The quantitative estimate of drug-likeness (QED) is 0.812. The second-order valence-corrected chi connectivity index (χ2v) is 7.22. The van der Waals surface area contributed by atoms with Crippen molar-refractivity contribution in [2.24, 2.45) is 5.92 Å². The standard InChI is InChI=1S/C23H27NO3/c1-3-8-20(23(26)24-22-16(2)27-15-21(22)25)14-17-9-7-12-19(13-17)18-10-5-4-6-11-18/h4-7,9-13,16,20,22H,3,8,14-15H2,1-2H3,(H,24,26). The molecule has 2 aromatic carbocycles. The summed E-state index contributed by atoms with van der Waals surface area (Å²) in [4.78, 5) is 24.7. The molecule has 0 aliphatic carbocycles. The number of nitrogens with one attached hydrogen (secondary N) is 1. The van der Waals surface area contributed by atoms with Gasteiger partial charge >= 0.3 is 0 Å². The molecule has 1 aliphatic rings. The van der Waals surface area contributed by atoms with E-state index in [1.54, 1.807) is 0 Å². The molecule has 0 aromatic heterocycles. The Kier molecular flexibility index (Phi) is 6.40. The van der Waals surface area contributed by atoms with Crippen molar-refractivity contribution in [2.75, 3.05) is 6.61 Å². The number of hydrogen-bond donors (Lipinski definition) is 1. The second-order valence-electron chi connectivity index (χ2n) is 7.22. The largest absolute Gasteiger partial charge is 0.368 e. The highest BCUT2D eigenvalue weighted by Crippen LogP contribution is 2.23. The summed E-state index contributed by atoms with van der Waals surface area (Å²) >= 11 is 0. The van der Waals surface area contributed by atoms with Crippen molar-refractivity contribution in [1.29, 1.82) is 0 Å². The first-order valence-electron chi connectivity index (χ1n) is 9.67. The van der Waals surface area contributed by atoms with Crippen molar-refractivity contribution >= 4 is 11.7 Å². The zero-order valence-electron chi connectivity index (χ0n) is 16.0. The Morgan fingerprint density at radius 2 is 1.89 bits per heavy atom. The fourth-order valence-corrected chi connectivity index (χ4v) is 3.60. The van der Waals surface area contributed by atoms with Crippen LogP contribution in [0.1, 0.15) is 32.3 Å². The lowest BCUT2D eigenvalue weighted by Gasteiger charge is -2.21. The van der Waals surface area contributed by atoms with Gasteiger partial charge < -0.3 is 10.1 Å². The van der Waals surface area contributed by atoms with E-state index in [-0.39, 0.29) is 30.3 Å². The van der Waals surface area contributed by atoms with Crippen molar-refractivity contribution < 1.29 is 14.3 Å². The first-order valence-corrected chi connectivity index (χ1v) is 9.67. The van der Waals surface area contributed by atoms with Crippen LogP contribution < -0.4 is 5.32 Å². The molecule has 1 N–H and O–H groups in total. The Hall–Kier alpha value is -2.46.